The predicted octanol–water partition coefficient (Wildman–Crippen LogP) is 3.78. The molecule has 0 aromatic heterocycles. The van der Waals surface area contributed by atoms with Gasteiger partial charge in [-0.2, -0.15) is 0 Å². The summed E-state index contributed by atoms with van der Waals surface area (Å²) < 4.78 is 5.87. The van der Waals surface area contributed by atoms with Crippen LogP contribution in [0.5, 0.6) is 5.75 Å². The molecule has 24 heavy (non-hydrogen) atoms. The van der Waals surface area contributed by atoms with Crippen molar-refractivity contribution in [1.29, 1.82) is 0 Å². The van der Waals surface area contributed by atoms with E-state index in [1.165, 1.54) is 6.92 Å². The van der Waals surface area contributed by atoms with Crippen molar-refractivity contribution in [2.24, 2.45) is 0 Å². The Morgan fingerprint density at radius 2 is 1.67 bits per heavy atom. The van der Waals surface area contributed by atoms with Crippen LogP contribution in [-0.4, -0.2) is 17.9 Å². The standard InChI is InChI=1S/C19H20N2O3/c1-11-12(2)24-18-16(11)8-5-9-17(18)19(23)21-15-7-4-6-14(10-15)20-13(3)22/h4-12H,1-3H3,(H,20,22)(H,21,23)/t11-,12+/m0/s1. The van der Waals surface area contributed by atoms with Crippen molar-refractivity contribution in [3.05, 3.63) is 53.6 Å². The number of benzene rings is 2. The average Bonchev–Trinajstić information content (AvgIpc) is 2.82. The molecule has 0 unspecified atom stereocenters. The molecule has 2 atom stereocenters. The number of anilines is 2. The van der Waals surface area contributed by atoms with Gasteiger partial charge in [0.1, 0.15) is 11.9 Å². The number of para-hydroxylation sites is 1. The van der Waals surface area contributed by atoms with E-state index in [0.717, 1.165) is 5.56 Å². The molecule has 0 fully saturated rings. The zero-order chi connectivity index (χ0) is 17.3. The van der Waals surface area contributed by atoms with E-state index in [9.17, 15) is 9.59 Å². The summed E-state index contributed by atoms with van der Waals surface area (Å²) in [5.41, 5.74) is 2.83. The van der Waals surface area contributed by atoms with Crippen LogP contribution in [0.25, 0.3) is 0 Å². The third kappa shape index (κ3) is 3.11. The summed E-state index contributed by atoms with van der Waals surface area (Å²) in [5.74, 6) is 0.535. The van der Waals surface area contributed by atoms with Gasteiger partial charge in [0.2, 0.25) is 5.91 Å². The Labute approximate surface area is 141 Å². The van der Waals surface area contributed by atoms with E-state index in [4.69, 9.17) is 4.74 Å². The molecule has 0 saturated heterocycles. The number of amides is 2. The van der Waals surface area contributed by atoms with E-state index in [0.29, 0.717) is 22.7 Å². The Hall–Kier alpha value is -2.82. The fourth-order valence-corrected chi connectivity index (χ4v) is 2.84. The van der Waals surface area contributed by atoms with Crippen LogP contribution in [0.4, 0.5) is 11.4 Å². The Kier molecular flexibility index (Phi) is 4.25. The van der Waals surface area contributed by atoms with Crippen molar-refractivity contribution < 1.29 is 14.3 Å². The topological polar surface area (TPSA) is 67.4 Å². The van der Waals surface area contributed by atoms with Crippen LogP contribution in [0.15, 0.2) is 42.5 Å². The van der Waals surface area contributed by atoms with Crippen LogP contribution < -0.4 is 15.4 Å². The van der Waals surface area contributed by atoms with Crippen LogP contribution in [0.3, 0.4) is 0 Å². The summed E-state index contributed by atoms with van der Waals surface area (Å²) >= 11 is 0. The molecule has 2 aromatic rings. The minimum Gasteiger partial charge on any atom is -0.489 e. The van der Waals surface area contributed by atoms with Crippen LogP contribution >= 0.6 is 0 Å². The number of hydrogen-bond acceptors (Lipinski definition) is 3. The first kappa shape index (κ1) is 16.1. The number of rotatable bonds is 3. The number of fused-ring (bicyclic) bond motifs is 1. The van der Waals surface area contributed by atoms with Crippen LogP contribution in [0.2, 0.25) is 0 Å². The van der Waals surface area contributed by atoms with E-state index in [-0.39, 0.29) is 23.8 Å². The highest BCUT2D eigenvalue weighted by atomic mass is 16.5. The molecule has 2 amide bonds. The maximum absolute atomic E-state index is 12.6. The van der Waals surface area contributed by atoms with Gasteiger partial charge >= 0.3 is 0 Å². The molecular weight excluding hydrogens is 304 g/mol. The number of carbonyl (C=O) groups is 2. The number of nitrogens with one attached hydrogen (secondary N) is 2. The highest BCUT2D eigenvalue weighted by Crippen LogP contribution is 2.40. The second kappa shape index (κ2) is 6.35. The molecule has 1 heterocycles. The summed E-state index contributed by atoms with van der Waals surface area (Å²) in [6.45, 7) is 5.54. The lowest BCUT2D eigenvalue weighted by Gasteiger charge is -2.11. The normalized spacial score (nSPS) is 18.5. The summed E-state index contributed by atoms with van der Waals surface area (Å²) in [6, 6.07) is 12.7. The van der Waals surface area contributed by atoms with E-state index in [2.05, 4.69) is 17.6 Å². The van der Waals surface area contributed by atoms with Crippen molar-refractivity contribution in [1.82, 2.24) is 0 Å². The zero-order valence-electron chi connectivity index (χ0n) is 13.9. The third-order valence-electron chi connectivity index (χ3n) is 4.23. The molecule has 0 spiro atoms. The maximum Gasteiger partial charge on any atom is 0.259 e. The Morgan fingerprint density at radius 1 is 1.00 bits per heavy atom. The Balaban J connectivity index is 1.83. The molecule has 3 rings (SSSR count). The fraction of sp³-hybridized carbons (Fsp3) is 0.263. The van der Waals surface area contributed by atoms with Gasteiger partial charge in [-0.1, -0.05) is 25.1 Å². The van der Waals surface area contributed by atoms with Crippen molar-refractivity contribution in [3.63, 3.8) is 0 Å². The molecule has 5 heteroatoms. The molecule has 0 radical (unpaired) electrons. The first-order chi connectivity index (χ1) is 11.5. The minimum atomic E-state index is -0.229. The molecule has 0 aliphatic carbocycles. The van der Waals surface area contributed by atoms with Gasteiger partial charge in [0.25, 0.3) is 5.91 Å². The Bertz CT molecular complexity index is 801. The van der Waals surface area contributed by atoms with Gasteiger partial charge in [0, 0.05) is 29.8 Å². The van der Waals surface area contributed by atoms with Crippen molar-refractivity contribution in [2.45, 2.75) is 32.8 Å². The van der Waals surface area contributed by atoms with Crippen molar-refractivity contribution in [3.8, 4) is 5.75 Å². The van der Waals surface area contributed by atoms with Crippen LogP contribution in [-0.2, 0) is 4.79 Å². The SMILES string of the molecule is CC(=O)Nc1cccc(NC(=O)c2cccc3c2O[C@H](C)[C@@H]3C)c1. The summed E-state index contributed by atoms with van der Waals surface area (Å²) in [4.78, 5) is 23.8. The smallest absolute Gasteiger partial charge is 0.259 e. The van der Waals surface area contributed by atoms with Gasteiger partial charge in [0.05, 0.1) is 5.56 Å². The fourth-order valence-electron chi connectivity index (χ4n) is 2.84. The Morgan fingerprint density at radius 3 is 2.38 bits per heavy atom. The van der Waals surface area contributed by atoms with Gasteiger partial charge in [-0.15, -0.1) is 0 Å². The van der Waals surface area contributed by atoms with Gasteiger partial charge in [-0.3, -0.25) is 9.59 Å². The number of hydrogen-bond donors (Lipinski definition) is 2. The first-order valence-electron chi connectivity index (χ1n) is 7.94. The summed E-state index contributed by atoms with van der Waals surface area (Å²) in [5, 5.41) is 5.56. The van der Waals surface area contributed by atoms with Crippen molar-refractivity contribution >= 4 is 23.2 Å². The molecule has 2 aromatic carbocycles. The highest BCUT2D eigenvalue weighted by Gasteiger charge is 2.31. The molecule has 0 bridgehead atoms. The second-order valence-electron chi connectivity index (χ2n) is 6.05. The molecular formula is C19H20N2O3. The van der Waals surface area contributed by atoms with E-state index in [1.54, 1.807) is 30.3 Å². The largest absolute Gasteiger partial charge is 0.489 e. The van der Waals surface area contributed by atoms with Gasteiger partial charge in [-0.05, 0) is 31.2 Å². The first-order valence-corrected chi connectivity index (χ1v) is 7.94. The minimum absolute atomic E-state index is 0.0528. The molecule has 1 aliphatic rings. The zero-order valence-corrected chi connectivity index (χ0v) is 13.9. The van der Waals surface area contributed by atoms with Crippen LogP contribution in [0.1, 0.15) is 42.6 Å². The monoisotopic (exact) mass is 324 g/mol. The summed E-state index contributed by atoms with van der Waals surface area (Å²) in [7, 11) is 0. The summed E-state index contributed by atoms with van der Waals surface area (Å²) in [6.07, 6.45) is 0.0528. The molecule has 1 aliphatic heterocycles. The van der Waals surface area contributed by atoms with Crippen molar-refractivity contribution in [2.75, 3.05) is 10.6 Å². The number of ether oxygens (including phenoxy) is 1. The molecule has 2 N–H and O–H groups in total. The average molecular weight is 324 g/mol. The van der Waals surface area contributed by atoms with Gasteiger partial charge < -0.3 is 15.4 Å². The van der Waals surface area contributed by atoms with Gasteiger partial charge in [-0.25, -0.2) is 0 Å². The molecule has 0 saturated carbocycles. The predicted molar refractivity (Wildman–Crippen MR) is 93.6 cm³/mol. The maximum atomic E-state index is 12.6. The third-order valence-corrected chi connectivity index (χ3v) is 4.23. The van der Waals surface area contributed by atoms with E-state index < -0.39 is 0 Å². The quantitative estimate of drug-likeness (QED) is 0.903. The lowest BCUT2D eigenvalue weighted by molar-refractivity contribution is -0.114. The van der Waals surface area contributed by atoms with Crippen LogP contribution in [0, 0.1) is 0 Å². The molecule has 124 valence electrons. The lowest BCUT2D eigenvalue weighted by atomic mass is 9.97. The molecule has 5 nitrogen and oxygen atoms in total. The number of carbonyl (C=O) groups excluding carboxylic acids is 2. The highest BCUT2D eigenvalue weighted by molar-refractivity contribution is 6.07. The van der Waals surface area contributed by atoms with Gasteiger partial charge in [0.15, 0.2) is 0 Å². The van der Waals surface area contributed by atoms with E-state index in [1.807, 2.05) is 19.1 Å². The second-order valence-corrected chi connectivity index (χ2v) is 6.05. The lowest BCUT2D eigenvalue weighted by Crippen LogP contribution is -2.14. The van der Waals surface area contributed by atoms with E-state index >= 15 is 0 Å².